The Morgan fingerprint density at radius 1 is 1.43 bits per heavy atom. The number of piperidine rings is 1. The number of rotatable bonds is 6. The monoisotopic (exact) mass is 294 g/mol. The molecule has 1 N–H and O–H groups in total. The molecule has 1 aromatic rings. The van der Waals surface area contributed by atoms with Gasteiger partial charge in [-0.1, -0.05) is 0 Å². The molecule has 1 aliphatic heterocycles. The number of nitro benzene ring substituents is 1. The topological polar surface area (TPSA) is 75.8 Å². The van der Waals surface area contributed by atoms with Gasteiger partial charge in [0.2, 0.25) is 0 Å². The fourth-order valence-electron chi connectivity index (χ4n) is 2.87. The Morgan fingerprint density at radius 2 is 2.14 bits per heavy atom. The van der Waals surface area contributed by atoms with Gasteiger partial charge in [0.15, 0.2) is 5.75 Å². The molecule has 0 atom stereocenters. The molecule has 2 rings (SSSR count). The molecule has 1 heterocycles. The summed E-state index contributed by atoms with van der Waals surface area (Å²) in [4.78, 5) is 12.7. The van der Waals surface area contributed by atoms with Crippen LogP contribution in [0.2, 0.25) is 0 Å². The summed E-state index contributed by atoms with van der Waals surface area (Å²) < 4.78 is 5.12. The highest BCUT2D eigenvalue weighted by atomic mass is 16.6. The Morgan fingerprint density at radius 3 is 2.71 bits per heavy atom. The molecule has 0 spiro atoms. The first-order valence-electron chi connectivity index (χ1n) is 7.34. The molecule has 6 heteroatoms. The van der Waals surface area contributed by atoms with Crippen LogP contribution < -0.4 is 9.64 Å². The van der Waals surface area contributed by atoms with E-state index in [0.717, 1.165) is 44.5 Å². The third-order valence-corrected chi connectivity index (χ3v) is 4.11. The van der Waals surface area contributed by atoms with E-state index in [4.69, 9.17) is 9.84 Å². The lowest BCUT2D eigenvalue weighted by molar-refractivity contribution is -0.385. The summed E-state index contributed by atoms with van der Waals surface area (Å²) in [5.74, 6) is 0.980. The number of aliphatic hydroxyl groups excluding tert-OH is 1. The van der Waals surface area contributed by atoms with E-state index in [0.29, 0.717) is 11.7 Å². The normalized spacial score (nSPS) is 16.0. The molecular weight excluding hydrogens is 272 g/mol. The summed E-state index contributed by atoms with van der Waals surface area (Å²) in [7, 11) is 1.45. The lowest BCUT2D eigenvalue weighted by Gasteiger charge is -2.33. The van der Waals surface area contributed by atoms with Gasteiger partial charge in [-0.25, -0.2) is 0 Å². The van der Waals surface area contributed by atoms with Gasteiger partial charge >= 0.3 is 5.69 Å². The molecule has 0 amide bonds. The van der Waals surface area contributed by atoms with E-state index in [1.165, 1.54) is 13.2 Å². The molecule has 1 saturated heterocycles. The van der Waals surface area contributed by atoms with Gasteiger partial charge < -0.3 is 14.7 Å². The first-order valence-corrected chi connectivity index (χ1v) is 7.34. The van der Waals surface area contributed by atoms with Gasteiger partial charge in [0.05, 0.1) is 12.0 Å². The smallest absolute Gasteiger partial charge is 0.311 e. The minimum Gasteiger partial charge on any atom is -0.490 e. The van der Waals surface area contributed by atoms with Crippen molar-refractivity contribution in [3.63, 3.8) is 0 Å². The molecule has 0 bridgehead atoms. The van der Waals surface area contributed by atoms with Crippen molar-refractivity contribution in [2.75, 3.05) is 31.7 Å². The van der Waals surface area contributed by atoms with Crippen molar-refractivity contribution >= 4 is 11.4 Å². The molecule has 0 aliphatic carbocycles. The fraction of sp³-hybridized carbons (Fsp3) is 0.600. The zero-order valence-corrected chi connectivity index (χ0v) is 12.3. The number of ether oxygens (including phenoxy) is 1. The largest absolute Gasteiger partial charge is 0.490 e. The molecule has 1 aliphatic rings. The van der Waals surface area contributed by atoms with Gasteiger partial charge in [-0.15, -0.1) is 0 Å². The fourth-order valence-corrected chi connectivity index (χ4v) is 2.87. The second-order valence-corrected chi connectivity index (χ2v) is 5.41. The highest BCUT2D eigenvalue weighted by Crippen LogP contribution is 2.33. The maximum absolute atomic E-state index is 10.9. The average molecular weight is 294 g/mol. The third-order valence-electron chi connectivity index (χ3n) is 4.11. The number of nitro groups is 1. The van der Waals surface area contributed by atoms with Crippen molar-refractivity contribution in [3.8, 4) is 5.75 Å². The second kappa shape index (κ2) is 7.26. The summed E-state index contributed by atoms with van der Waals surface area (Å²) in [6.45, 7) is 2.15. The summed E-state index contributed by atoms with van der Waals surface area (Å²) in [6, 6.07) is 5.03. The van der Waals surface area contributed by atoms with Crippen LogP contribution in [-0.4, -0.2) is 36.8 Å². The summed E-state index contributed by atoms with van der Waals surface area (Å²) >= 11 is 0. The molecular formula is C15H22N2O4. The lowest BCUT2D eigenvalue weighted by atomic mass is 9.92. The molecule has 21 heavy (non-hydrogen) atoms. The van der Waals surface area contributed by atoms with Gasteiger partial charge in [-0.2, -0.15) is 0 Å². The van der Waals surface area contributed by atoms with Crippen molar-refractivity contribution in [2.45, 2.75) is 25.7 Å². The van der Waals surface area contributed by atoms with E-state index in [-0.39, 0.29) is 12.3 Å². The van der Waals surface area contributed by atoms with Crippen LogP contribution in [0, 0.1) is 16.0 Å². The number of methoxy groups -OCH3 is 1. The molecule has 1 fully saturated rings. The van der Waals surface area contributed by atoms with E-state index < -0.39 is 4.92 Å². The van der Waals surface area contributed by atoms with Crippen molar-refractivity contribution in [2.24, 2.45) is 5.92 Å². The second-order valence-electron chi connectivity index (χ2n) is 5.41. The van der Waals surface area contributed by atoms with E-state index in [9.17, 15) is 10.1 Å². The minimum absolute atomic E-state index is 0.000850. The SMILES string of the molecule is COc1cc(N2CCC(CCCO)CC2)ccc1[N+](=O)[O-]. The summed E-state index contributed by atoms with van der Waals surface area (Å²) in [5.41, 5.74) is 0.970. The number of aliphatic hydroxyl groups is 1. The Labute approximate surface area is 124 Å². The third kappa shape index (κ3) is 3.85. The Kier molecular flexibility index (Phi) is 5.38. The van der Waals surface area contributed by atoms with Crippen LogP contribution in [0.15, 0.2) is 18.2 Å². The average Bonchev–Trinajstić information content (AvgIpc) is 2.52. The van der Waals surface area contributed by atoms with E-state index >= 15 is 0 Å². The van der Waals surface area contributed by atoms with E-state index in [2.05, 4.69) is 4.90 Å². The van der Waals surface area contributed by atoms with Crippen molar-refractivity contribution < 1.29 is 14.8 Å². The molecule has 0 unspecified atom stereocenters. The van der Waals surface area contributed by atoms with Gasteiger partial charge in [-0.05, 0) is 37.7 Å². The Hall–Kier alpha value is -1.82. The Balaban J connectivity index is 2.02. The molecule has 0 aromatic heterocycles. The quantitative estimate of drug-likeness (QED) is 0.644. The number of anilines is 1. The van der Waals surface area contributed by atoms with Gasteiger partial charge in [0, 0.05) is 37.5 Å². The number of benzene rings is 1. The van der Waals surface area contributed by atoms with Crippen LogP contribution in [0.25, 0.3) is 0 Å². The van der Waals surface area contributed by atoms with Crippen LogP contribution in [-0.2, 0) is 0 Å². The molecule has 0 radical (unpaired) electrons. The van der Waals surface area contributed by atoms with E-state index in [1.54, 1.807) is 12.1 Å². The predicted octanol–water partition coefficient (Wildman–Crippen LogP) is 2.59. The molecule has 0 saturated carbocycles. The van der Waals surface area contributed by atoms with Crippen LogP contribution in [0.4, 0.5) is 11.4 Å². The van der Waals surface area contributed by atoms with Gasteiger partial charge in [0.25, 0.3) is 0 Å². The van der Waals surface area contributed by atoms with Crippen LogP contribution in [0.1, 0.15) is 25.7 Å². The Bertz CT molecular complexity index is 485. The minimum atomic E-state index is -0.427. The van der Waals surface area contributed by atoms with Gasteiger partial charge in [-0.3, -0.25) is 10.1 Å². The highest BCUT2D eigenvalue weighted by molar-refractivity contribution is 5.59. The highest BCUT2D eigenvalue weighted by Gasteiger charge is 2.21. The van der Waals surface area contributed by atoms with Crippen LogP contribution in [0.5, 0.6) is 5.75 Å². The van der Waals surface area contributed by atoms with E-state index in [1.807, 2.05) is 0 Å². The number of hydrogen-bond acceptors (Lipinski definition) is 5. The maximum atomic E-state index is 10.9. The van der Waals surface area contributed by atoms with Crippen molar-refractivity contribution in [1.82, 2.24) is 0 Å². The van der Waals surface area contributed by atoms with Crippen LogP contribution in [0.3, 0.4) is 0 Å². The summed E-state index contributed by atoms with van der Waals surface area (Å²) in [6.07, 6.45) is 4.14. The first kappa shape index (κ1) is 15.6. The lowest BCUT2D eigenvalue weighted by Crippen LogP contribution is -2.33. The van der Waals surface area contributed by atoms with Crippen molar-refractivity contribution in [3.05, 3.63) is 28.3 Å². The summed E-state index contributed by atoms with van der Waals surface area (Å²) in [5, 5.41) is 19.8. The van der Waals surface area contributed by atoms with Crippen molar-refractivity contribution in [1.29, 1.82) is 0 Å². The van der Waals surface area contributed by atoms with Crippen LogP contribution >= 0.6 is 0 Å². The number of nitrogens with zero attached hydrogens (tertiary/aromatic N) is 2. The molecule has 116 valence electrons. The van der Waals surface area contributed by atoms with Gasteiger partial charge in [0.1, 0.15) is 0 Å². The zero-order valence-electron chi connectivity index (χ0n) is 12.3. The zero-order chi connectivity index (χ0) is 15.2. The molecule has 1 aromatic carbocycles. The predicted molar refractivity (Wildman–Crippen MR) is 80.9 cm³/mol. The maximum Gasteiger partial charge on any atom is 0.311 e. The first-order chi connectivity index (χ1) is 10.2. The number of hydrogen-bond donors (Lipinski definition) is 1. The standard InChI is InChI=1S/C15H22N2O4/c1-21-15-11-13(4-5-14(15)17(19)20)16-8-6-12(7-9-16)3-2-10-18/h4-5,11-12,18H,2-3,6-10H2,1H3. The molecule has 6 nitrogen and oxygen atoms in total.